The Balaban J connectivity index is 1.45. The molecule has 2 fully saturated rings. The van der Waals surface area contributed by atoms with E-state index in [2.05, 4.69) is 13.0 Å². The molecular weight excluding hydrogens is 338 g/mol. The number of fused-ring (bicyclic) bond motifs is 1. The Bertz CT molecular complexity index is 764. The van der Waals surface area contributed by atoms with Crippen LogP contribution in [0.5, 0.6) is 0 Å². The molecule has 0 N–H and O–H groups in total. The maximum Gasteiger partial charge on any atom is 0.131 e. The lowest BCUT2D eigenvalue weighted by Crippen LogP contribution is -2.30. The van der Waals surface area contributed by atoms with Crippen LogP contribution in [0.1, 0.15) is 69.8 Å². The molecule has 2 heteroatoms. The van der Waals surface area contributed by atoms with Crippen molar-refractivity contribution in [1.29, 1.82) is 0 Å². The smallest absolute Gasteiger partial charge is 0.131 e. The zero-order valence-electron chi connectivity index (χ0n) is 16.3. The monoisotopic (exact) mass is 368 g/mol. The van der Waals surface area contributed by atoms with Crippen molar-refractivity contribution in [2.75, 3.05) is 0 Å². The molecule has 0 radical (unpaired) electrons. The Labute approximate surface area is 162 Å². The molecule has 2 aliphatic carbocycles. The van der Waals surface area contributed by atoms with E-state index >= 15 is 0 Å². The van der Waals surface area contributed by atoms with Crippen LogP contribution in [0.25, 0.3) is 11.1 Å². The largest absolute Gasteiger partial charge is 0.207 e. The van der Waals surface area contributed by atoms with Crippen molar-refractivity contribution in [2.24, 2.45) is 17.8 Å². The van der Waals surface area contributed by atoms with E-state index in [1.807, 2.05) is 6.07 Å². The molecule has 0 aliphatic heterocycles. The summed E-state index contributed by atoms with van der Waals surface area (Å²) in [5.74, 6) is 2.69. The van der Waals surface area contributed by atoms with Gasteiger partial charge >= 0.3 is 0 Å². The lowest BCUT2D eigenvalue weighted by molar-refractivity contribution is 0.114. The molecule has 0 amide bonds. The van der Waals surface area contributed by atoms with Crippen LogP contribution < -0.4 is 0 Å². The van der Waals surface area contributed by atoms with Gasteiger partial charge in [-0.05, 0) is 85.1 Å². The topological polar surface area (TPSA) is 0 Å². The molecule has 0 spiro atoms. The van der Waals surface area contributed by atoms with Gasteiger partial charge in [0.05, 0.1) is 0 Å². The molecule has 2 saturated carbocycles. The molecule has 0 bridgehead atoms. The summed E-state index contributed by atoms with van der Waals surface area (Å²) >= 11 is 0. The molecular formula is C25H30F2. The Kier molecular flexibility index (Phi) is 5.61. The highest BCUT2D eigenvalue weighted by Gasteiger charge is 2.35. The molecule has 0 aromatic heterocycles. The van der Waals surface area contributed by atoms with E-state index in [0.717, 1.165) is 28.9 Å². The third kappa shape index (κ3) is 4.10. The summed E-state index contributed by atoms with van der Waals surface area (Å²) in [6.07, 6.45) is 10.6. The number of hydrogen-bond donors (Lipinski definition) is 0. The Morgan fingerprint density at radius 1 is 0.852 bits per heavy atom. The van der Waals surface area contributed by atoms with Crippen molar-refractivity contribution in [3.63, 3.8) is 0 Å². The van der Waals surface area contributed by atoms with Gasteiger partial charge in [-0.15, -0.1) is 0 Å². The second-order valence-electron chi connectivity index (χ2n) is 8.74. The summed E-state index contributed by atoms with van der Waals surface area (Å²) in [7, 11) is 0. The van der Waals surface area contributed by atoms with Crippen molar-refractivity contribution in [3.05, 3.63) is 59.7 Å². The first-order valence-corrected chi connectivity index (χ1v) is 10.7. The summed E-state index contributed by atoms with van der Waals surface area (Å²) in [5, 5.41) is 0. The van der Waals surface area contributed by atoms with Gasteiger partial charge in [-0.2, -0.15) is 0 Å². The number of rotatable bonds is 4. The first-order valence-electron chi connectivity index (χ1n) is 10.7. The normalized spacial score (nSPS) is 28.0. The summed E-state index contributed by atoms with van der Waals surface area (Å²) in [6.45, 7) is 2.30. The van der Waals surface area contributed by atoms with Crippen molar-refractivity contribution < 1.29 is 8.78 Å². The van der Waals surface area contributed by atoms with E-state index in [9.17, 15) is 8.78 Å². The van der Waals surface area contributed by atoms with Gasteiger partial charge in [0.1, 0.15) is 11.6 Å². The van der Waals surface area contributed by atoms with Gasteiger partial charge in [0.2, 0.25) is 0 Å². The highest BCUT2D eigenvalue weighted by molar-refractivity contribution is 5.64. The van der Waals surface area contributed by atoms with Crippen LogP contribution in [0.15, 0.2) is 42.5 Å². The van der Waals surface area contributed by atoms with E-state index in [4.69, 9.17) is 0 Å². The number of hydrogen-bond acceptors (Lipinski definition) is 0. The van der Waals surface area contributed by atoms with E-state index in [0.29, 0.717) is 11.5 Å². The summed E-state index contributed by atoms with van der Waals surface area (Å²) < 4.78 is 27.9. The predicted molar refractivity (Wildman–Crippen MR) is 108 cm³/mol. The van der Waals surface area contributed by atoms with E-state index in [1.54, 1.807) is 18.2 Å². The fourth-order valence-corrected chi connectivity index (χ4v) is 5.61. The third-order valence-corrected chi connectivity index (χ3v) is 7.04. The SMILES string of the molecule is CCCC1CC[C@@H]2C[C@H](c3ccc(-c4ccc(F)cc4)c(F)c3)CC[C@@H]2C1. The summed E-state index contributed by atoms with van der Waals surface area (Å²) in [4.78, 5) is 0. The molecule has 2 aliphatic rings. The molecule has 2 aromatic rings. The van der Waals surface area contributed by atoms with E-state index in [1.165, 1.54) is 63.5 Å². The van der Waals surface area contributed by atoms with E-state index < -0.39 is 0 Å². The summed E-state index contributed by atoms with van der Waals surface area (Å²) in [5.41, 5.74) is 2.44. The van der Waals surface area contributed by atoms with Gasteiger partial charge in [-0.25, -0.2) is 8.78 Å². The van der Waals surface area contributed by atoms with Gasteiger partial charge in [-0.1, -0.05) is 50.5 Å². The van der Waals surface area contributed by atoms with Crippen molar-refractivity contribution in [3.8, 4) is 11.1 Å². The molecule has 0 saturated heterocycles. The first kappa shape index (κ1) is 18.7. The maximum absolute atomic E-state index is 14.8. The number of benzene rings is 2. The molecule has 4 atom stereocenters. The van der Waals surface area contributed by atoms with Gasteiger partial charge in [0.15, 0.2) is 0 Å². The second-order valence-corrected chi connectivity index (χ2v) is 8.74. The Morgan fingerprint density at radius 2 is 1.59 bits per heavy atom. The fourth-order valence-electron chi connectivity index (χ4n) is 5.61. The Morgan fingerprint density at radius 3 is 2.33 bits per heavy atom. The van der Waals surface area contributed by atoms with Crippen LogP contribution in [0, 0.1) is 29.4 Å². The van der Waals surface area contributed by atoms with Crippen molar-refractivity contribution >= 4 is 0 Å². The highest BCUT2D eigenvalue weighted by Crippen LogP contribution is 2.48. The van der Waals surface area contributed by atoms with Gasteiger partial charge in [0.25, 0.3) is 0 Å². The van der Waals surface area contributed by atoms with E-state index in [-0.39, 0.29) is 11.6 Å². The molecule has 0 heterocycles. The quantitative estimate of drug-likeness (QED) is 0.518. The number of halogens is 2. The predicted octanol–water partition coefficient (Wildman–Crippen LogP) is 7.73. The van der Waals surface area contributed by atoms with Crippen LogP contribution in [-0.4, -0.2) is 0 Å². The second kappa shape index (κ2) is 8.12. The minimum absolute atomic E-state index is 0.187. The van der Waals surface area contributed by atoms with Crippen LogP contribution in [-0.2, 0) is 0 Å². The third-order valence-electron chi connectivity index (χ3n) is 7.04. The van der Waals surface area contributed by atoms with Crippen LogP contribution >= 0.6 is 0 Å². The fraction of sp³-hybridized carbons (Fsp3) is 0.520. The minimum Gasteiger partial charge on any atom is -0.207 e. The first-order chi connectivity index (χ1) is 13.1. The van der Waals surface area contributed by atoms with Crippen molar-refractivity contribution in [2.45, 2.75) is 64.2 Å². The maximum atomic E-state index is 14.8. The average Bonchev–Trinajstić information content (AvgIpc) is 2.68. The van der Waals surface area contributed by atoms with Gasteiger partial charge in [-0.3, -0.25) is 0 Å². The molecule has 27 heavy (non-hydrogen) atoms. The highest BCUT2D eigenvalue weighted by atomic mass is 19.1. The summed E-state index contributed by atoms with van der Waals surface area (Å²) in [6, 6.07) is 11.8. The molecule has 144 valence electrons. The zero-order valence-corrected chi connectivity index (χ0v) is 16.3. The van der Waals surface area contributed by atoms with Gasteiger partial charge < -0.3 is 0 Å². The lowest BCUT2D eigenvalue weighted by Gasteiger charge is -2.42. The Hall–Kier alpha value is -1.70. The van der Waals surface area contributed by atoms with Crippen LogP contribution in [0.4, 0.5) is 8.78 Å². The van der Waals surface area contributed by atoms with Crippen LogP contribution in [0.3, 0.4) is 0 Å². The minimum atomic E-state index is -0.291. The molecule has 2 aromatic carbocycles. The van der Waals surface area contributed by atoms with Crippen molar-refractivity contribution in [1.82, 2.24) is 0 Å². The van der Waals surface area contributed by atoms with Crippen LogP contribution in [0.2, 0.25) is 0 Å². The zero-order chi connectivity index (χ0) is 18.8. The lowest BCUT2D eigenvalue weighted by atomic mass is 9.63. The standard InChI is InChI=1S/C25H30F2/c1-2-3-17-4-5-20-15-21(7-6-19(20)14-17)22-10-13-24(25(27)16-22)18-8-11-23(26)12-9-18/h8-13,16-17,19-21H,2-7,14-15H2,1H3/t17?,19-,20-,21-/m1/s1. The molecule has 1 unspecified atom stereocenters. The average molecular weight is 369 g/mol. The molecule has 4 rings (SSSR count). The molecule has 0 nitrogen and oxygen atoms in total. The van der Waals surface area contributed by atoms with Gasteiger partial charge in [0, 0.05) is 5.56 Å².